The number of thioether (sulfide) groups is 1. The molecule has 0 spiro atoms. The number of amides is 1. The first-order chi connectivity index (χ1) is 14.2. The van der Waals surface area contributed by atoms with Gasteiger partial charge in [0, 0.05) is 17.6 Å². The van der Waals surface area contributed by atoms with Gasteiger partial charge in [-0.2, -0.15) is 11.8 Å². The minimum atomic E-state index is 0.115. The fourth-order valence-corrected chi connectivity index (χ4v) is 5.48. The minimum absolute atomic E-state index is 0.115. The molecule has 2 aromatic rings. The molecule has 1 amide bonds. The van der Waals surface area contributed by atoms with Gasteiger partial charge in [0.1, 0.15) is 5.75 Å². The lowest BCUT2D eigenvalue weighted by Gasteiger charge is -2.38. The molecule has 0 radical (unpaired) electrons. The van der Waals surface area contributed by atoms with Crippen LogP contribution in [0, 0.1) is 5.92 Å². The third-order valence-electron chi connectivity index (χ3n) is 6.14. The third kappa shape index (κ3) is 5.14. The molecule has 2 aromatic carbocycles. The Kier molecular flexibility index (Phi) is 6.78. The average molecular weight is 411 g/mol. The molecule has 1 N–H and O–H groups in total. The predicted molar refractivity (Wildman–Crippen MR) is 122 cm³/mol. The molecule has 0 saturated carbocycles. The number of nitrogens with zero attached hydrogens (tertiary/aromatic N) is 1. The Labute approximate surface area is 178 Å². The van der Waals surface area contributed by atoms with Crippen LogP contribution in [0.4, 0.5) is 5.69 Å². The lowest BCUT2D eigenvalue weighted by atomic mass is 9.93. The highest BCUT2D eigenvalue weighted by molar-refractivity contribution is 7.99. The van der Waals surface area contributed by atoms with Gasteiger partial charge in [-0.15, -0.1) is 0 Å². The monoisotopic (exact) mass is 410 g/mol. The third-order valence-corrected chi connectivity index (χ3v) is 7.19. The lowest BCUT2D eigenvalue weighted by molar-refractivity contribution is -0.121. The maximum absolute atomic E-state index is 12.8. The van der Waals surface area contributed by atoms with Crippen molar-refractivity contribution in [3.8, 4) is 16.9 Å². The second-order valence-electron chi connectivity index (χ2n) is 7.96. The van der Waals surface area contributed by atoms with E-state index in [4.69, 9.17) is 4.74 Å². The summed E-state index contributed by atoms with van der Waals surface area (Å²) in [6.07, 6.45) is 4.54. The van der Waals surface area contributed by atoms with Crippen LogP contribution in [0.2, 0.25) is 0 Å². The van der Waals surface area contributed by atoms with E-state index in [0.29, 0.717) is 0 Å². The van der Waals surface area contributed by atoms with Crippen molar-refractivity contribution in [2.45, 2.75) is 31.7 Å². The summed E-state index contributed by atoms with van der Waals surface area (Å²) in [5.74, 6) is 3.68. The first kappa shape index (κ1) is 20.3. The number of hydrogen-bond acceptors (Lipinski definition) is 4. The topological polar surface area (TPSA) is 41.6 Å². The lowest BCUT2D eigenvalue weighted by Crippen LogP contribution is -2.45. The van der Waals surface area contributed by atoms with Gasteiger partial charge >= 0.3 is 0 Å². The smallest absolute Gasteiger partial charge is 0.227 e. The molecule has 2 aliphatic heterocycles. The zero-order valence-electron chi connectivity index (χ0n) is 17.1. The van der Waals surface area contributed by atoms with Gasteiger partial charge in [-0.3, -0.25) is 4.79 Å². The predicted octanol–water partition coefficient (Wildman–Crippen LogP) is 4.91. The average Bonchev–Trinajstić information content (AvgIpc) is 2.80. The molecular formula is C24H30N2O2S. The Morgan fingerprint density at radius 2 is 1.69 bits per heavy atom. The number of methoxy groups -OCH3 is 1. The summed E-state index contributed by atoms with van der Waals surface area (Å²) in [6, 6.07) is 16.8. The number of carbonyl (C=O) groups excluding carboxylic acids is 1. The molecule has 154 valence electrons. The van der Waals surface area contributed by atoms with Gasteiger partial charge in [0.15, 0.2) is 0 Å². The molecule has 0 unspecified atom stereocenters. The number of carbonyl (C=O) groups is 1. The number of ether oxygens (including phenoxy) is 1. The molecule has 0 aliphatic carbocycles. The Morgan fingerprint density at radius 3 is 2.41 bits per heavy atom. The SMILES string of the molecule is COc1cccc(-c2cccc(NC(=O)C3CCN(C4CCSCC4)CC3)c2)c1. The Bertz CT molecular complexity index is 827. The standard InChI is InChI=1S/C24H30N2O2S/c1-28-23-7-3-5-20(17-23)19-4-2-6-21(16-19)25-24(27)18-8-12-26(13-9-18)22-10-14-29-15-11-22/h2-7,16-18,22H,8-15H2,1H3,(H,25,27). The first-order valence-corrected chi connectivity index (χ1v) is 11.8. The number of nitrogens with one attached hydrogen (secondary N) is 1. The Morgan fingerprint density at radius 1 is 1.00 bits per heavy atom. The largest absolute Gasteiger partial charge is 0.497 e. The van der Waals surface area contributed by atoms with Crippen molar-refractivity contribution in [3.05, 3.63) is 48.5 Å². The van der Waals surface area contributed by atoms with Gasteiger partial charge in [-0.1, -0.05) is 24.3 Å². The summed E-state index contributed by atoms with van der Waals surface area (Å²) in [4.78, 5) is 15.5. The first-order valence-electron chi connectivity index (χ1n) is 10.6. The van der Waals surface area contributed by atoms with E-state index in [1.54, 1.807) is 7.11 Å². The summed E-state index contributed by atoms with van der Waals surface area (Å²) in [7, 11) is 1.67. The van der Waals surface area contributed by atoms with Crippen molar-refractivity contribution >= 4 is 23.4 Å². The summed E-state index contributed by atoms with van der Waals surface area (Å²) in [5, 5.41) is 3.15. The van der Waals surface area contributed by atoms with Crippen LogP contribution in [-0.2, 0) is 4.79 Å². The van der Waals surface area contributed by atoms with Crippen molar-refractivity contribution in [3.63, 3.8) is 0 Å². The van der Waals surface area contributed by atoms with Crippen molar-refractivity contribution in [1.29, 1.82) is 0 Å². The maximum atomic E-state index is 12.8. The normalized spacial score (nSPS) is 19.1. The summed E-state index contributed by atoms with van der Waals surface area (Å²) in [5.41, 5.74) is 3.02. The van der Waals surface area contributed by atoms with Crippen LogP contribution >= 0.6 is 11.8 Å². The zero-order chi connectivity index (χ0) is 20.1. The zero-order valence-corrected chi connectivity index (χ0v) is 17.9. The van der Waals surface area contributed by atoms with Crippen molar-refractivity contribution in [2.24, 2.45) is 5.92 Å². The van der Waals surface area contributed by atoms with Crippen molar-refractivity contribution in [2.75, 3.05) is 37.0 Å². The van der Waals surface area contributed by atoms with Gasteiger partial charge < -0.3 is 15.0 Å². The molecule has 2 fully saturated rings. The molecule has 0 bridgehead atoms. The number of benzene rings is 2. The van der Waals surface area contributed by atoms with Gasteiger partial charge in [-0.25, -0.2) is 0 Å². The molecule has 2 aliphatic rings. The highest BCUT2D eigenvalue weighted by atomic mass is 32.2. The van der Waals surface area contributed by atoms with Gasteiger partial charge in [0.25, 0.3) is 0 Å². The molecule has 2 saturated heterocycles. The number of hydrogen-bond donors (Lipinski definition) is 1. The van der Waals surface area contributed by atoms with Gasteiger partial charge in [0.2, 0.25) is 5.91 Å². The van der Waals surface area contributed by atoms with E-state index in [0.717, 1.165) is 54.5 Å². The molecule has 4 rings (SSSR count). The van der Waals surface area contributed by atoms with E-state index in [1.807, 2.05) is 36.4 Å². The molecule has 0 aromatic heterocycles. The number of rotatable bonds is 5. The number of anilines is 1. The summed E-state index contributed by atoms with van der Waals surface area (Å²) in [6.45, 7) is 2.11. The fourth-order valence-electron chi connectivity index (χ4n) is 4.40. The molecular weight excluding hydrogens is 380 g/mol. The van der Waals surface area contributed by atoms with Gasteiger partial charge in [0.05, 0.1) is 7.11 Å². The minimum Gasteiger partial charge on any atom is -0.497 e. The van der Waals surface area contributed by atoms with Crippen LogP contribution in [0.15, 0.2) is 48.5 Å². The van der Waals surface area contributed by atoms with E-state index in [2.05, 4.69) is 34.1 Å². The summed E-state index contributed by atoms with van der Waals surface area (Å²) < 4.78 is 5.33. The molecule has 4 nitrogen and oxygen atoms in total. The molecule has 29 heavy (non-hydrogen) atoms. The molecule has 2 heterocycles. The van der Waals surface area contributed by atoms with Crippen molar-refractivity contribution in [1.82, 2.24) is 4.90 Å². The van der Waals surface area contributed by atoms with E-state index >= 15 is 0 Å². The van der Waals surface area contributed by atoms with Crippen LogP contribution in [0.5, 0.6) is 5.75 Å². The molecule has 5 heteroatoms. The van der Waals surface area contributed by atoms with Gasteiger partial charge in [-0.05, 0) is 85.7 Å². The number of likely N-dealkylation sites (tertiary alicyclic amines) is 1. The highest BCUT2D eigenvalue weighted by Gasteiger charge is 2.29. The van der Waals surface area contributed by atoms with E-state index < -0.39 is 0 Å². The summed E-state index contributed by atoms with van der Waals surface area (Å²) >= 11 is 2.07. The van der Waals surface area contributed by atoms with E-state index in [1.165, 1.54) is 24.3 Å². The van der Waals surface area contributed by atoms with Crippen LogP contribution in [0.1, 0.15) is 25.7 Å². The maximum Gasteiger partial charge on any atom is 0.227 e. The number of piperidine rings is 1. The quantitative estimate of drug-likeness (QED) is 0.761. The second kappa shape index (κ2) is 9.68. The fraction of sp³-hybridized carbons (Fsp3) is 0.458. The van der Waals surface area contributed by atoms with Crippen LogP contribution in [0.25, 0.3) is 11.1 Å². The van der Waals surface area contributed by atoms with Crippen LogP contribution < -0.4 is 10.1 Å². The van der Waals surface area contributed by atoms with E-state index in [-0.39, 0.29) is 11.8 Å². The highest BCUT2D eigenvalue weighted by Crippen LogP contribution is 2.29. The molecule has 0 atom stereocenters. The van der Waals surface area contributed by atoms with Crippen molar-refractivity contribution < 1.29 is 9.53 Å². The Hall–Kier alpha value is -1.98. The van der Waals surface area contributed by atoms with E-state index in [9.17, 15) is 4.79 Å². The second-order valence-corrected chi connectivity index (χ2v) is 9.18. The van der Waals surface area contributed by atoms with Crippen LogP contribution in [-0.4, -0.2) is 48.6 Å². The van der Waals surface area contributed by atoms with Crippen LogP contribution in [0.3, 0.4) is 0 Å². The Balaban J connectivity index is 1.35.